The molecule has 228 valence electrons. The second-order valence-corrected chi connectivity index (χ2v) is 14.3. The molecule has 9 heteroatoms. The number of hydrogen-bond donors (Lipinski definition) is 1. The molecule has 4 aliphatic heterocycles. The summed E-state index contributed by atoms with van der Waals surface area (Å²) in [4.78, 5) is 24.4. The van der Waals surface area contributed by atoms with Gasteiger partial charge in [0.1, 0.15) is 17.8 Å². The average Bonchev–Trinajstić information content (AvgIpc) is 3.53. The number of likely N-dealkylation sites (N-methyl/N-ethyl adjacent to an activating group) is 1. The molecule has 8 rings (SSSR count). The summed E-state index contributed by atoms with van der Waals surface area (Å²) in [7, 11) is 2.18. The number of anilines is 1. The van der Waals surface area contributed by atoms with Crippen molar-refractivity contribution < 1.29 is 4.79 Å². The number of fused-ring (bicyclic) bond motifs is 2. The van der Waals surface area contributed by atoms with Gasteiger partial charge in [-0.2, -0.15) is 0 Å². The largest absolute Gasteiger partial charge is 0.323 e. The number of aromatic nitrogens is 4. The number of aryl methyl sites for hydroxylation is 2. The van der Waals surface area contributed by atoms with Crippen LogP contribution in [0.2, 0.25) is 0 Å². The first-order chi connectivity index (χ1) is 20.9. The monoisotopic (exact) mass is 599 g/mol. The highest BCUT2D eigenvalue weighted by molar-refractivity contribution is 8.00. The van der Waals surface area contributed by atoms with E-state index in [4.69, 9.17) is 9.97 Å². The molecule has 7 heterocycles. The Kier molecular flexibility index (Phi) is 7.76. The zero-order chi connectivity index (χ0) is 29.8. The summed E-state index contributed by atoms with van der Waals surface area (Å²) >= 11 is 1.90. The minimum atomic E-state index is 0.425. The Morgan fingerprint density at radius 2 is 1.98 bits per heavy atom. The van der Waals surface area contributed by atoms with Gasteiger partial charge in [0, 0.05) is 48.4 Å². The molecule has 4 aliphatic rings. The van der Waals surface area contributed by atoms with E-state index in [1.165, 1.54) is 30.5 Å². The van der Waals surface area contributed by atoms with Crippen molar-refractivity contribution in [3.05, 3.63) is 41.5 Å². The number of pyridine rings is 1. The first kappa shape index (κ1) is 28.9. The van der Waals surface area contributed by atoms with E-state index in [9.17, 15) is 4.79 Å². The Bertz CT molecular complexity index is 1640. The van der Waals surface area contributed by atoms with E-state index in [1.807, 2.05) is 18.0 Å². The van der Waals surface area contributed by atoms with Crippen LogP contribution in [0.1, 0.15) is 81.6 Å². The molecule has 3 saturated heterocycles. The molecular formula is C34H45N7OS. The molecular weight excluding hydrogens is 554 g/mol. The lowest BCUT2D eigenvalue weighted by Gasteiger charge is -2.32. The van der Waals surface area contributed by atoms with Gasteiger partial charge in [-0.15, -0.1) is 0 Å². The maximum atomic E-state index is 11.6. The van der Waals surface area contributed by atoms with Gasteiger partial charge in [-0.3, -0.25) is 19.3 Å². The van der Waals surface area contributed by atoms with Gasteiger partial charge < -0.3 is 9.13 Å². The zero-order valence-corrected chi connectivity index (χ0v) is 27.0. The highest BCUT2D eigenvalue weighted by Gasteiger charge is 2.49. The standard InChI is InChI=1S/C28H33N5OS.C6H12N2/c1-4-5-11-31-24(16-21-8-9-25(30-27(21)31)33-19(3)7-6-13-35-33)28-29-23-15-20(17-34)14-22-18(2)10-12-32(28)26(22)23;1-4-3-8(2)6-5(4)7-6/h8-9,14-19H,4-7,10-13H2,1-3H3;4-7H,3H2,1-2H3. The average molecular weight is 600 g/mol. The van der Waals surface area contributed by atoms with Crippen molar-refractivity contribution in [2.45, 2.75) is 97.1 Å². The molecule has 0 amide bonds. The van der Waals surface area contributed by atoms with Gasteiger partial charge in [-0.1, -0.05) is 27.2 Å². The Balaban J connectivity index is 0.000000322. The van der Waals surface area contributed by atoms with Gasteiger partial charge in [-0.25, -0.2) is 9.97 Å². The van der Waals surface area contributed by atoms with E-state index in [0.717, 1.165) is 96.4 Å². The van der Waals surface area contributed by atoms with Gasteiger partial charge in [0.05, 0.1) is 22.9 Å². The lowest BCUT2D eigenvalue weighted by atomic mass is 9.92. The fourth-order valence-corrected chi connectivity index (χ4v) is 8.49. The van der Waals surface area contributed by atoms with Crippen molar-refractivity contribution >= 4 is 46.1 Å². The van der Waals surface area contributed by atoms with Gasteiger partial charge in [-0.05, 0) is 99.3 Å². The molecule has 43 heavy (non-hydrogen) atoms. The molecule has 5 unspecified atom stereocenters. The number of imidazole rings is 1. The number of nitrogens with zero attached hydrogens (tertiary/aromatic N) is 6. The van der Waals surface area contributed by atoms with Crippen LogP contribution in [-0.4, -0.2) is 67.9 Å². The highest BCUT2D eigenvalue weighted by Crippen LogP contribution is 2.39. The number of carbonyl (C=O) groups excluding carboxylic acids is 1. The molecule has 1 N–H and O–H groups in total. The third kappa shape index (κ3) is 5.17. The molecule has 8 nitrogen and oxygen atoms in total. The number of benzene rings is 1. The quantitative estimate of drug-likeness (QED) is 0.151. The van der Waals surface area contributed by atoms with E-state index in [1.54, 1.807) is 0 Å². The van der Waals surface area contributed by atoms with Crippen molar-refractivity contribution in [3.63, 3.8) is 0 Å². The van der Waals surface area contributed by atoms with Gasteiger partial charge >= 0.3 is 0 Å². The van der Waals surface area contributed by atoms with Crippen LogP contribution in [0.3, 0.4) is 0 Å². The fourth-order valence-electron chi connectivity index (χ4n) is 7.40. The lowest BCUT2D eigenvalue weighted by Crippen LogP contribution is -2.31. The summed E-state index contributed by atoms with van der Waals surface area (Å²) in [5.74, 6) is 4.50. The number of hydrogen-bond acceptors (Lipinski definition) is 7. The number of rotatable bonds is 6. The predicted octanol–water partition coefficient (Wildman–Crippen LogP) is 6.68. The summed E-state index contributed by atoms with van der Waals surface area (Å²) in [6, 6.07) is 12.0. The Morgan fingerprint density at radius 3 is 2.65 bits per heavy atom. The van der Waals surface area contributed by atoms with Crippen LogP contribution >= 0.6 is 11.9 Å². The molecule has 0 radical (unpaired) electrons. The van der Waals surface area contributed by atoms with Crippen LogP contribution in [0.15, 0.2) is 30.3 Å². The first-order valence-electron chi connectivity index (χ1n) is 16.3. The van der Waals surface area contributed by atoms with Crippen molar-refractivity contribution in [2.75, 3.05) is 23.7 Å². The van der Waals surface area contributed by atoms with Crippen LogP contribution < -0.4 is 9.62 Å². The fraction of sp³-hybridized carbons (Fsp3) is 0.559. The second kappa shape index (κ2) is 11.6. The minimum absolute atomic E-state index is 0.425. The predicted molar refractivity (Wildman–Crippen MR) is 178 cm³/mol. The highest BCUT2D eigenvalue weighted by atomic mass is 32.2. The second-order valence-electron chi connectivity index (χ2n) is 13.2. The lowest BCUT2D eigenvalue weighted by molar-refractivity contribution is 0.112. The van der Waals surface area contributed by atoms with E-state index in [2.05, 4.69) is 82.7 Å². The minimum Gasteiger partial charge on any atom is -0.323 e. The summed E-state index contributed by atoms with van der Waals surface area (Å²) in [5, 5.41) is 4.55. The molecule has 4 aromatic rings. The molecule has 0 aliphatic carbocycles. The summed E-state index contributed by atoms with van der Waals surface area (Å²) in [6.45, 7) is 12.2. The summed E-state index contributed by atoms with van der Waals surface area (Å²) in [6.07, 6.45) is 7.43. The normalized spacial score (nSPS) is 26.4. The van der Waals surface area contributed by atoms with Crippen molar-refractivity contribution in [1.29, 1.82) is 0 Å². The first-order valence-corrected chi connectivity index (χ1v) is 17.2. The van der Waals surface area contributed by atoms with Crippen LogP contribution in [-0.2, 0) is 13.1 Å². The number of aldehydes is 1. The Labute approximate surface area is 259 Å². The SMILES string of the molecule is CC1CN(C)C2NC12.CCCCn1c(-c2nc3cc(C=O)cc4c3n2CCC4C)cc2ccc(N3SCCCC3C)nc21. The number of carbonyl (C=O) groups is 1. The summed E-state index contributed by atoms with van der Waals surface area (Å²) < 4.78 is 7.14. The van der Waals surface area contributed by atoms with Crippen molar-refractivity contribution in [2.24, 2.45) is 5.92 Å². The molecule has 1 aromatic carbocycles. The molecule has 0 spiro atoms. The number of likely N-dealkylation sites (tertiary alicyclic amines) is 1. The van der Waals surface area contributed by atoms with Gasteiger partial charge in [0.2, 0.25) is 0 Å². The number of unbranched alkanes of at least 4 members (excludes halogenated alkanes) is 1. The van der Waals surface area contributed by atoms with Gasteiger partial charge in [0.25, 0.3) is 0 Å². The van der Waals surface area contributed by atoms with E-state index >= 15 is 0 Å². The maximum Gasteiger partial charge on any atom is 0.157 e. The third-order valence-corrected chi connectivity index (χ3v) is 11.2. The van der Waals surface area contributed by atoms with Gasteiger partial charge in [0.15, 0.2) is 5.82 Å². The smallest absolute Gasteiger partial charge is 0.157 e. The summed E-state index contributed by atoms with van der Waals surface area (Å²) in [5.41, 5.74) is 6.23. The molecule has 0 bridgehead atoms. The molecule has 3 fully saturated rings. The third-order valence-electron chi connectivity index (χ3n) is 9.92. The van der Waals surface area contributed by atoms with Crippen LogP contribution in [0.4, 0.5) is 5.82 Å². The van der Waals surface area contributed by atoms with E-state index in [-0.39, 0.29) is 0 Å². The molecule has 0 saturated carbocycles. The molecule has 5 atom stereocenters. The Hall–Kier alpha value is -2.88. The van der Waals surface area contributed by atoms with Crippen LogP contribution in [0, 0.1) is 5.92 Å². The molecule has 3 aromatic heterocycles. The maximum absolute atomic E-state index is 11.6. The topological polar surface area (TPSA) is 81.1 Å². The van der Waals surface area contributed by atoms with Crippen LogP contribution in [0.5, 0.6) is 0 Å². The zero-order valence-electron chi connectivity index (χ0n) is 26.2. The van der Waals surface area contributed by atoms with Crippen molar-refractivity contribution in [1.82, 2.24) is 29.3 Å². The van der Waals surface area contributed by atoms with E-state index < -0.39 is 0 Å². The van der Waals surface area contributed by atoms with Crippen LogP contribution in [0.25, 0.3) is 33.6 Å². The Morgan fingerprint density at radius 1 is 1.12 bits per heavy atom. The number of nitrogens with one attached hydrogen (secondary N) is 1. The van der Waals surface area contributed by atoms with Crippen molar-refractivity contribution in [3.8, 4) is 11.5 Å². The van der Waals surface area contributed by atoms with E-state index in [0.29, 0.717) is 17.5 Å².